The average molecular weight is 682 g/mol. The minimum atomic E-state index is -4.43. The van der Waals surface area contributed by atoms with Crippen LogP contribution in [0.3, 0.4) is 0 Å². The van der Waals surface area contributed by atoms with Crippen molar-refractivity contribution in [1.29, 1.82) is 0 Å². The van der Waals surface area contributed by atoms with Gasteiger partial charge in [0.1, 0.15) is 25.5 Å². The van der Waals surface area contributed by atoms with Gasteiger partial charge in [0.05, 0.1) is 39.9 Å². The maximum absolute atomic E-state index is 12.7. The Labute approximate surface area is 278 Å². The van der Waals surface area contributed by atoms with Crippen LogP contribution in [0.2, 0.25) is 0 Å². The van der Waals surface area contributed by atoms with Gasteiger partial charge in [0, 0.05) is 19.3 Å². The number of esters is 2. The predicted octanol–water partition coefficient (Wildman–Crippen LogP) is 6.76. The second-order valence-electron chi connectivity index (χ2n) is 14.5. The molecule has 1 rings (SSSR count). The first-order valence-corrected chi connectivity index (χ1v) is 18.9. The Hall–Kier alpha value is -1.11. The van der Waals surface area contributed by atoms with E-state index in [4.69, 9.17) is 23.3 Å². The molecule has 0 saturated carbocycles. The summed E-state index contributed by atoms with van der Waals surface area (Å²) in [5, 5.41) is 11.6. The predicted molar refractivity (Wildman–Crippen MR) is 177 cm³/mol. The lowest BCUT2D eigenvalue weighted by atomic mass is 10.0. The smallest absolute Gasteiger partial charge is 0.462 e. The quantitative estimate of drug-likeness (QED) is 0.0411. The van der Waals surface area contributed by atoms with Crippen LogP contribution in [0.1, 0.15) is 130 Å². The van der Waals surface area contributed by atoms with Crippen LogP contribution in [0.4, 0.5) is 0 Å². The summed E-state index contributed by atoms with van der Waals surface area (Å²) in [6.45, 7) is 7.51. The van der Waals surface area contributed by atoms with Gasteiger partial charge < -0.3 is 28.8 Å². The summed E-state index contributed by atoms with van der Waals surface area (Å²) >= 11 is 0. The van der Waals surface area contributed by atoms with Gasteiger partial charge in [0.2, 0.25) is 0 Å². The molecule has 1 saturated heterocycles. The van der Waals surface area contributed by atoms with Crippen LogP contribution in [0.25, 0.3) is 0 Å². The van der Waals surface area contributed by atoms with E-state index >= 15 is 0 Å². The van der Waals surface area contributed by atoms with Crippen LogP contribution in [-0.2, 0) is 37.4 Å². The molecule has 1 aliphatic heterocycles. The van der Waals surface area contributed by atoms with E-state index in [-0.39, 0.29) is 32.5 Å². The third kappa shape index (κ3) is 19.6. The molecule has 3 atom stereocenters. The summed E-state index contributed by atoms with van der Waals surface area (Å²) in [7, 11) is 1.32. The maximum atomic E-state index is 12.7. The molecule has 46 heavy (non-hydrogen) atoms. The number of nitrogens with zero attached hydrogens (tertiary/aromatic N) is 2. The zero-order valence-corrected chi connectivity index (χ0v) is 30.8. The fraction of sp³-hybridized carbons (Fsp3) is 0.939. The molecule has 3 unspecified atom stereocenters. The molecule has 0 aliphatic carbocycles. The van der Waals surface area contributed by atoms with Crippen molar-refractivity contribution in [1.82, 2.24) is 5.06 Å². The van der Waals surface area contributed by atoms with Crippen molar-refractivity contribution < 1.29 is 52.0 Å². The molecule has 0 radical (unpaired) electrons. The van der Waals surface area contributed by atoms with Crippen molar-refractivity contribution in [3.05, 3.63) is 0 Å². The zero-order valence-electron chi connectivity index (χ0n) is 29.9. The number of quaternary nitrogens is 1. The lowest BCUT2D eigenvalue weighted by molar-refractivity contribution is -0.870. The number of phosphoric ester groups is 1. The Morgan fingerprint density at radius 2 is 1.39 bits per heavy atom. The molecular weight excluding hydrogens is 615 g/mol. The number of carbonyl (C=O) groups is 2. The minimum Gasteiger partial charge on any atom is -0.462 e. The Kier molecular flexibility index (Phi) is 20.3. The summed E-state index contributed by atoms with van der Waals surface area (Å²) in [5.74, 6) is -1.08. The number of hydroxylamine groups is 2. The SMILES string of the molecule is CCCCCCCCCCCCCCCC(=O)OCC(COP(=O)(O)OCC[N+](C)(C)C)OC(=O)CCC1(C)OCC(C)(C)N1O. The summed E-state index contributed by atoms with van der Waals surface area (Å²) in [5.41, 5.74) is -1.68. The third-order valence-electron chi connectivity index (χ3n) is 8.20. The molecular formula is C33H66N2O10P+. The summed E-state index contributed by atoms with van der Waals surface area (Å²) in [4.78, 5) is 35.3. The van der Waals surface area contributed by atoms with Gasteiger partial charge in [-0.1, -0.05) is 84.0 Å². The van der Waals surface area contributed by atoms with Gasteiger partial charge in [-0.15, -0.1) is 0 Å². The van der Waals surface area contributed by atoms with E-state index in [0.29, 0.717) is 24.1 Å². The Bertz CT molecular complexity index is 913. The molecule has 12 nitrogen and oxygen atoms in total. The van der Waals surface area contributed by atoms with Gasteiger partial charge in [0.15, 0.2) is 6.10 Å². The molecule has 13 heteroatoms. The van der Waals surface area contributed by atoms with Crippen molar-refractivity contribution in [3.8, 4) is 0 Å². The van der Waals surface area contributed by atoms with E-state index in [0.717, 1.165) is 24.3 Å². The third-order valence-corrected chi connectivity index (χ3v) is 9.19. The Morgan fingerprint density at radius 3 is 1.89 bits per heavy atom. The fourth-order valence-electron chi connectivity index (χ4n) is 5.16. The minimum absolute atomic E-state index is 0.0115. The van der Waals surface area contributed by atoms with E-state index in [2.05, 4.69) is 6.92 Å². The number of carbonyl (C=O) groups excluding carboxylic acids is 2. The lowest BCUT2D eigenvalue weighted by Gasteiger charge is -2.34. The number of hydrogen-bond acceptors (Lipinski definition) is 10. The van der Waals surface area contributed by atoms with Crippen LogP contribution < -0.4 is 0 Å². The molecule has 1 heterocycles. The number of likely N-dealkylation sites (N-methyl/N-ethyl adjacent to an activating group) is 1. The van der Waals surface area contributed by atoms with Gasteiger partial charge in [-0.05, 0) is 27.2 Å². The molecule has 0 spiro atoms. The monoisotopic (exact) mass is 681 g/mol. The van der Waals surface area contributed by atoms with E-state index < -0.39 is 43.7 Å². The highest BCUT2D eigenvalue weighted by Crippen LogP contribution is 2.43. The van der Waals surface area contributed by atoms with E-state index in [1.165, 1.54) is 57.8 Å². The molecule has 0 aromatic carbocycles. The first-order chi connectivity index (χ1) is 21.5. The maximum Gasteiger partial charge on any atom is 0.472 e. The second-order valence-corrected chi connectivity index (χ2v) is 15.9. The number of ether oxygens (including phenoxy) is 3. The van der Waals surface area contributed by atoms with Gasteiger partial charge in [-0.3, -0.25) is 18.6 Å². The van der Waals surface area contributed by atoms with Gasteiger partial charge >= 0.3 is 19.8 Å². The van der Waals surface area contributed by atoms with Crippen molar-refractivity contribution in [2.75, 3.05) is 54.1 Å². The molecule has 0 aromatic rings. The van der Waals surface area contributed by atoms with E-state index in [9.17, 15) is 24.3 Å². The fourth-order valence-corrected chi connectivity index (χ4v) is 5.90. The van der Waals surface area contributed by atoms with Crippen LogP contribution in [0, 0.1) is 0 Å². The highest BCUT2D eigenvalue weighted by molar-refractivity contribution is 7.47. The molecule has 1 aliphatic rings. The number of rotatable bonds is 27. The molecule has 272 valence electrons. The van der Waals surface area contributed by atoms with Gasteiger partial charge in [-0.2, -0.15) is 5.06 Å². The largest absolute Gasteiger partial charge is 0.472 e. The first-order valence-electron chi connectivity index (χ1n) is 17.4. The normalized spacial score (nSPS) is 20.4. The number of phosphoric acid groups is 1. The summed E-state index contributed by atoms with van der Waals surface area (Å²) in [6, 6.07) is 0. The summed E-state index contributed by atoms with van der Waals surface area (Å²) in [6.07, 6.45) is 14.8. The van der Waals surface area contributed by atoms with Crippen LogP contribution in [0.15, 0.2) is 0 Å². The van der Waals surface area contributed by atoms with Crippen molar-refractivity contribution in [2.45, 2.75) is 148 Å². The molecule has 2 N–H and O–H groups in total. The highest BCUT2D eigenvalue weighted by atomic mass is 31.2. The summed E-state index contributed by atoms with van der Waals surface area (Å²) < 4.78 is 39.7. The van der Waals surface area contributed by atoms with E-state index in [1.807, 2.05) is 35.0 Å². The van der Waals surface area contributed by atoms with Gasteiger partial charge in [0.25, 0.3) is 0 Å². The number of unbranched alkanes of at least 4 members (excludes halogenated alkanes) is 12. The Morgan fingerprint density at radius 1 is 0.848 bits per heavy atom. The number of hydrogen-bond donors (Lipinski definition) is 2. The van der Waals surface area contributed by atoms with Crippen LogP contribution in [0.5, 0.6) is 0 Å². The van der Waals surface area contributed by atoms with Crippen molar-refractivity contribution >= 4 is 19.8 Å². The highest BCUT2D eigenvalue weighted by Gasteiger charge is 2.48. The lowest BCUT2D eigenvalue weighted by Crippen LogP contribution is -2.48. The van der Waals surface area contributed by atoms with Gasteiger partial charge in [-0.25, -0.2) is 4.57 Å². The first kappa shape index (κ1) is 42.9. The second kappa shape index (κ2) is 21.8. The zero-order chi connectivity index (χ0) is 34.7. The van der Waals surface area contributed by atoms with Crippen molar-refractivity contribution in [2.24, 2.45) is 0 Å². The average Bonchev–Trinajstić information content (AvgIpc) is 3.18. The molecule has 1 fully saturated rings. The van der Waals surface area contributed by atoms with Crippen LogP contribution in [-0.4, -0.2) is 103 Å². The van der Waals surface area contributed by atoms with Crippen LogP contribution >= 0.6 is 7.82 Å². The molecule has 0 amide bonds. The topological polar surface area (TPSA) is 141 Å². The van der Waals surface area contributed by atoms with E-state index in [1.54, 1.807) is 6.92 Å². The Balaban J connectivity index is 2.46. The molecule has 0 aromatic heterocycles. The van der Waals surface area contributed by atoms with Crippen molar-refractivity contribution in [3.63, 3.8) is 0 Å². The molecule has 0 bridgehead atoms. The standard InChI is InChI=1S/C33H65N2O10P/c1-8-9-10-11-12-13-14-15-16-17-18-19-20-21-30(36)41-26-29(27-44-46(39,40)43-25-24-35(5,6)7)45-31(37)22-23-33(4)34(38)32(2,3)28-42-33/h29,38H,8-28H2,1-7H3/p+1.